The molecular weight excluding hydrogens is 393 g/mol. The zero-order chi connectivity index (χ0) is 18.6. The van der Waals surface area contributed by atoms with Gasteiger partial charge in [0.25, 0.3) is 0 Å². The fraction of sp³-hybridized carbons (Fsp3) is 0.333. The molecule has 8 heteroatoms. The number of benzene rings is 2. The van der Waals surface area contributed by atoms with E-state index in [1.54, 1.807) is 6.07 Å². The topological polar surface area (TPSA) is 54.6 Å². The molecule has 3 N–H and O–H groups in total. The van der Waals surface area contributed by atoms with Gasteiger partial charge in [-0.1, -0.05) is 35.3 Å². The summed E-state index contributed by atoms with van der Waals surface area (Å²) >= 11 is 12.9. The van der Waals surface area contributed by atoms with Gasteiger partial charge in [0.2, 0.25) is 0 Å². The standard InChI is InChI=1S/C18H23Cl2N3O2S/c1-24-25-26-23-15-6-4-14(5-7-15)3-2-10-21-11-12-22-16-8-9-17(19)18(20)13-16/h4-9,13,21-23H,2-3,10-12H2,1H3. The largest absolute Gasteiger partial charge is 0.384 e. The van der Waals surface area contributed by atoms with Crippen molar-refractivity contribution in [1.82, 2.24) is 5.32 Å². The summed E-state index contributed by atoms with van der Waals surface area (Å²) < 4.78 is 7.72. The van der Waals surface area contributed by atoms with E-state index in [1.165, 1.54) is 12.7 Å². The van der Waals surface area contributed by atoms with Crippen molar-refractivity contribution in [3.05, 3.63) is 58.1 Å². The Morgan fingerprint density at radius 1 is 0.923 bits per heavy atom. The summed E-state index contributed by atoms with van der Waals surface area (Å²) in [7, 11) is 1.47. The Labute approximate surface area is 169 Å². The lowest BCUT2D eigenvalue weighted by Crippen LogP contribution is -2.23. The van der Waals surface area contributed by atoms with Crippen molar-refractivity contribution in [2.45, 2.75) is 12.8 Å². The molecule has 0 radical (unpaired) electrons. The summed E-state index contributed by atoms with van der Waals surface area (Å²) in [5.74, 6) is 0. The molecule has 0 aromatic heterocycles. The number of anilines is 2. The van der Waals surface area contributed by atoms with Crippen LogP contribution in [0.25, 0.3) is 0 Å². The van der Waals surface area contributed by atoms with Crippen molar-refractivity contribution in [3.8, 4) is 0 Å². The second-order valence-electron chi connectivity index (χ2n) is 5.53. The van der Waals surface area contributed by atoms with Crippen LogP contribution in [0.2, 0.25) is 10.0 Å². The minimum Gasteiger partial charge on any atom is -0.384 e. The zero-order valence-electron chi connectivity index (χ0n) is 14.6. The molecule has 2 aromatic rings. The van der Waals surface area contributed by atoms with Crippen LogP contribution in [0.15, 0.2) is 42.5 Å². The van der Waals surface area contributed by atoms with E-state index < -0.39 is 0 Å². The smallest absolute Gasteiger partial charge is 0.148 e. The third kappa shape index (κ3) is 8.03. The van der Waals surface area contributed by atoms with Crippen LogP contribution in [0.5, 0.6) is 0 Å². The Kier molecular flexibility index (Phi) is 9.99. The van der Waals surface area contributed by atoms with Gasteiger partial charge in [-0.2, -0.15) is 0 Å². The summed E-state index contributed by atoms with van der Waals surface area (Å²) in [5, 5.41) is 7.88. The zero-order valence-corrected chi connectivity index (χ0v) is 16.9. The summed E-state index contributed by atoms with van der Waals surface area (Å²) in [6.45, 7) is 2.69. The van der Waals surface area contributed by atoms with Crippen LogP contribution >= 0.6 is 35.4 Å². The van der Waals surface area contributed by atoms with Crippen molar-refractivity contribution < 1.29 is 9.22 Å². The van der Waals surface area contributed by atoms with Gasteiger partial charge < -0.3 is 15.4 Å². The molecule has 0 spiro atoms. The molecule has 2 aromatic carbocycles. The Bertz CT molecular complexity index is 659. The molecule has 0 saturated carbocycles. The van der Waals surface area contributed by atoms with Gasteiger partial charge in [0.15, 0.2) is 0 Å². The molecule has 0 aliphatic rings. The van der Waals surface area contributed by atoms with Crippen molar-refractivity contribution in [3.63, 3.8) is 0 Å². The summed E-state index contributed by atoms with van der Waals surface area (Å²) in [4.78, 5) is 4.49. The number of rotatable bonds is 12. The summed E-state index contributed by atoms with van der Waals surface area (Å²) in [6.07, 6.45) is 2.12. The van der Waals surface area contributed by atoms with Gasteiger partial charge in [0.05, 0.1) is 17.2 Å². The first-order chi connectivity index (χ1) is 12.7. The molecule has 0 unspecified atom stereocenters. The summed E-state index contributed by atoms with van der Waals surface area (Å²) in [5.41, 5.74) is 3.26. The molecule has 0 amide bonds. The van der Waals surface area contributed by atoms with Crippen LogP contribution in [-0.2, 0) is 15.6 Å². The van der Waals surface area contributed by atoms with E-state index in [1.807, 2.05) is 24.3 Å². The van der Waals surface area contributed by atoms with Crippen LogP contribution in [0.3, 0.4) is 0 Å². The molecule has 26 heavy (non-hydrogen) atoms. The highest BCUT2D eigenvalue weighted by Crippen LogP contribution is 2.24. The summed E-state index contributed by atoms with van der Waals surface area (Å²) in [6, 6.07) is 13.8. The van der Waals surface area contributed by atoms with Crippen LogP contribution in [0, 0.1) is 0 Å². The normalized spacial score (nSPS) is 10.7. The lowest BCUT2D eigenvalue weighted by Gasteiger charge is -2.09. The second kappa shape index (κ2) is 12.3. The number of hydrogen-bond donors (Lipinski definition) is 3. The fourth-order valence-electron chi connectivity index (χ4n) is 2.28. The maximum absolute atomic E-state index is 5.99. The molecule has 0 atom stereocenters. The predicted octanol–water partition coefficient (Wildman–Crippen LogP) is 5.18. The van der Waals surface area contributed by atoms with Crippen LogP contribution < -0.4 is 15.4 Å². The molecular formula is C18H23Cl2N3O2S. The number of halogens is 2. The molecule has 0 aliphatic carbocycles. The van der Waals surface area contributed by atoms with Gasteiger partial charge in [-0.15, -0.1) is 4.33 Å². The third-order valence-electron chi connectivity index (χ3n) is 3.59. The molecule has 0 heterocycles. The lowest BCUT2D eigenvalue weighted by molar-refractivity contribution is -0.159. The molecule has 0 aliphatic heterocycles. The minimum atomic E-state index is 0.565. The van der Waals surface area contributed by atoms with Crippen molar-refractivity contribution >= 4 is 46.8 Å². The average Bonchev–Trinajstić information content (AvgIpc) is 2.65. The monoisotopic (exact) mass is 415 g/mol. The van der Waals surface area contributed by atoms with Gasteiger partial charge in [-0.3, -0.25) is 0 Å². The Morgan fingerprint density at radius 2 is 1.69 bits per heavy atom. The number of hydrogen-bond acceptors (Lipinski definition) is 6. The van der Waals surface area contributed by atoms with Gasteiger partial charge in [0.1, 0.15) is 12.2 Å². The molecule has 142 valence electrons. The lowest BCUT2D eigenvalue weighted by atomic mass is 10.1. The first kappa shape index (κ1) is 21.2. The van der Waals surface area contributed by atoms with Gasteiger partial charge in [-0.05, 0) is 55.3 Å². The highest BCUT2D eigenvalue weighted by molar-refractivity contribution is 7.95. The van der Waals surface area contributed by atoms with Crippen LogP contribution in [-0.4, -0.2) is 26.7 Å². The van der Waals surface area contributed by atoms with E-state index in [2.05, 4.69) is 32.4 Å². The fourth-order valence-corrected chi connectivity index (χ4v) is 2.91. The Balaban J connectivity index is 1.54. The second-order valence-corrected chi connectivity index (χ2v) is 6.85. The van der Waals surface area contributed by atoms with E-state index in [0.29, 0.717) is 10.0 Å². The van der Waals surface area contributed by atoms with Crippen LogP contribution in [0.4, 0.5) is 11.4 Å². The van der Waals surface area contributed by atoms with Gasteiger partial charge in [0, 0.05) is 24.5 Å². The maximum atomic E-state index is 5.99. The van der Waals surface area contributed by atoms with Crippen molar-refractivity contribution in [2.75, 3.05) is 36.8 Å². The first-order valence-electron chi connectivity index (χ1n) is 8.30. The minimum absolute atomic E-state index is 0.565. The number of aryl methyl sites for hydroxylation is 1. The maximum Gasteiger partial charge on any atom is 0.148 e. The molecule has 5 nitrogen and oxygen atoms in total. The molecule has 2 rings (SSSR count). The third-order valence-corrected chi connectivity index (χ3v) is 4.85. The van der Waals surface area contributed by atoms with E-state index in [9.17, 15) is 0 Å². The van der Waals surface area contributed by atoms with Gasteiger partial charge >= 0.3 is 0 Å². The first-order valence-corrected chi connectivity index (χ1v) is 9.79. The molecule has 0 bridgehead atoms. The average molecular weight is 416 g/mol. The van der Waals surface area contributed by atoms with E-state index >= 15 is 0 Å². The Hall–Kier alpha value is -1.15. The van der Waals surface area contributed by atoms with E-state index in [-0.39, 0.29) is 0 Å². The highest BCUT2D eigenvalue weighted by Gasteiger charge is 1.99. The molecule has 0 saturated heterocycles. The van der Waals surface area contributed by atoms with Crippen LogP contribution in [0.1, 0.15) is 12.0 Å². The Morgan fingerprint density at radius 3 is 2.42 bits per heavy atom. The molecule has 0 fully saturated rings. The highest BCUT2D eigenvalue weighted by atomic mass is 35.5. The SMILES string of the molecule is COOSNc1ccc(CCCNCCNc2ccc(Cl)c(Cl)c2)cc1. The van der Waals surface area contributed by atoms with Crippen molar-refractivity contribution in [1.29, 1.82) is 0 Å². The quantitative estimate of drug-likeness (QED) is 0.146. The van der Waals surface area contributed by atoms with Gasteiger partial charge in [-0.25, -0.2) is 4.89 Å². The predicted molar refractivity (Wildman–Crippen MR) is 112 cm³/mol. The van der Waals surface area contributed by atoms with Crippen molar-refractivity contribution in [2.24, 2.45) is 0 Å². The van der Waals surface area contributed by atoms with E-state index in [4.69, 9.17) is 27.5 Å². The number of nitrogens with one attached hydrogen (secondary N) is 3. The van der Waals surface area contributed by atoms with E-state index in [0.717, 1.165) is 56.1 Å².